The van der Waals surface area contributed by atoms with E-state index in [9.17, 15) is 4.79 Å². The van der Waals surface area contributed by atoms with Gasteiger partial charge in [0, 0.05) is 17.1 Å². The van der Waals surface area contributed by atoms with Gasteiger partial charge in [0.15, 0.2) is 0 Å². The van der Waals surface area contributed by atoms with Gasteiger partial charge in [-0.1, -0.05) is 6.07 Å². The first kappa shape index (κ1) is 14.7. The van der Waals surface area contributed by atoms with Crippen LogP contribution in [-0.2, 0) is 11.3 Å². The lowest BCUT2D eigenvalue weighted by Crippen LogP contribution is -2.22. The first-order valence-electron chi connectivity index (χ1n) is 6.64. The van der Waals surface area contributed by atoms with Crippen molar-refractivity contribution in [2.24, 2.45) is 0 Å². The lowest BCUT2D eigenvalue weighted by atomic mass is 10.1. The van der Waals surface area contributed by atoms with Crippen molar-refractivity contribution in [3.8, 4) is 0 Å². The molecule has 3 nitrogen and oxygen atoms in total. The quantitative estimate of drug-likeness (QED) is 0.825. The molecule has 0 atom stereocenters. The van der Waals surface area contributed by atoms with Crippen LogP contribution in [0.15, 0.2) is 45.9 Å². The van der Waals surface area contributed by atoms with Crippen LogP contribution in [0.2, 0.25) is 0 Å². The van der Waals surface area contributed by atoms with E-state index in [1.165, 1.54) is 16.0 Å². The van der Waals surface area contributed by atoms with Gasteiger partial charge in [-0.3, -0.25) is 4.79 Å². The standard InChI is InChI=1S/C16H19NO2S/c1-12-5-6-15(10-13(12)2)20-9-7-16(18)17-11-14-4-3-8-19-14/h3-6,8,10H,7,9,11H2,1-2H3,(H,17,18). The first-order chi connectivity index (χ1) is 9.65. The van der Waals surface area contributed by atoms with Crippen molar-refractivity contribution in [3.63, 3.8) is 0 Å². The topological polar surface area (TPSA) is 42.2 Å². The maximum Gasteiger partial charge on any atom is 0.221 e. The van der Waals surface area contributed by atoms with Gasteiger partial charge in [-0.05, 0) is 49.2 Å². The van der Waals surface area contributed by atoms with Crippen LogP contribution in [-0.4, -0.2) is 11.7 Å². The van der Waals surface area contributed by atoms with E-state index >= 15 is 0 Å². The number of furan rings is 1. The maximum absolute atomic E-state index is 11.7. The Balaban J connectivity index is 1.69. The van der Waals surface area contributed by atoms with Gasteiger partial charge in [0.2, 0.25) is 5.91 Å². The summed E-state index contributed by atoms with van der Waals surface area (Å²) in [5.41, 5.74) is 2.59. The largest absolute Gasteiger partial charge is 0.467 e. The third kappa shape index (κ3) is 4.46. The van der Waals surface area contributed by atoms with Crippen LogP contribution in [0.4, 0.5) is 0 Å². The van der Waals surface area contributed by atoms with Gasteiger partial charge in [-0.25, -0.2) is 0 Å². The average molecular weight is 289 g/mol. The van der Waals surface area contributed by atoms with E-state index in [-0.39, 0.29) is 5.91 Å². The summed E-state index contributed by atoms with van der Waals surface area (Å²) in [5, 5.41) is 2.85. The van der Waals surface area contributed by atoms with Crippen LogP contribution in [0.1, 0.15) is 23.3 Å². The van der Waals surface area contributed by atoms with Gasteiger partial charge in [0.05, 0.1) is 12.8 Å². The number of hydrogen-bond acceptors (Lipinski definition) is 3. The highest BCUT2D eigenvalue weighted by Gasteiger charge is 2.04. The second-order valence-electron chi connectivity index (χ2n) is 4.70. The number of benzene rings is 1. The summed E-state index contributed by atoms with van der Waals surface area (Å²) in [5.74, 6) is 1.62. The van der Waals surface area contributed by atoms with E-state index in [4.69, 9.17) is 4.42 Å². The van der Waals surface area contributed by atoms with E-state index < -0.39 is 0 Å². The summed E-state index contributed by atoms with van der Waals surface area (Å²) in [4.78, 5) is 12.9. The molecule has 4 heteroatoms. The molecule has 2 rings (SSSR count). The highest BCUT2D eigenvalue weighted by molar-refractivity contribution is 7.99. The molecule has 0 unspecified atom stereocenters. The fraction of sp³-hybridized carbons (Fsp3) is 0.312. The van der Waals surface area contributed by atoms with Crippen molar-refractivity contribution < 1.29 is 9.21 Å². The number of nitrogens with one attached hydrogen (secondary N) is 1. The molecule has 20 heavy (non-hydrogen) atoms. The lowest BCUT2D eigenvalue weighted by Gasteiger charge is -2.05. The highest BCUT2D eigenvalue weighted by Crippen LogP contribution is 2.21. The SMILES string of the molecule is Cc1ccc(SCCC(=O)NCc2ccco2)cc1C. The number of carbonyl (C=O) groups is 1. The minimum absolute atomic E-state index is 0.0535. The van der Waals surface area contributed by atoms with E-state index in [0.29, 0.717) is 13.0 Å². The number of hydrogen-bond donors (Lipinski definition) is 1. The van der Waals surface area contributed by atoms with Crippen molar-refractivity contribution in [2.75, 3.05) is 5.75 Å². The van der Waals surface area contributed by atoms with Crippen molar-refractivity contribution in [1.82, 2.24) is 5.32 Å². The zero-order chi connectivity index (χ0) is 14.4. The molecule has 0 saturated carbocycles. The molecule has 0 spiro atoms. The Hall–Kier alpha value is -1.68. The monoisotopic (exact) mass is 289 g/mol. The van der Waals surface area contributed by atoms with Crippen molar-refractivity contribution in [1.29, 1.82) is 0 Å². The summed E-state index contributed by atoms with van der Waals surface area (Å²) in [6.07, 6.45) is 2.12. The van der Waals surface area contributed by atoms with Crippen LogP contribution in [0, 0.1) is 13.8 Å². The van der Waals surface area contributed by atoms with E-state index in [1.807, 2.05) is 12.1 Å². The highest BCUT2D eigenvalue weighted by atomic mass is 32.2. The molecule has 2 aromatic rings. The Kier molecular flexibility index (Phi) is 5.30. The zero-order valence-corrected chi connectivity index (χ0v) is 12.6. The fourth-order valence-electron chi connectivity index (χ4n) is 1.75. The molecule has 0 radical (unpaired) electrons. The minimum Gasteiger partial charge on any atom is -0.467 e. The van der Waals surface area contributed by atoms with Gasteiger partial charge >= 0.3 is 0 Å². The van der Waals surface area contributed by atoms with Gasteiger partial charge in [0.25, 0.3) is 0 Å². The second-order valence-corrected chi connectivity index (χ2v) is 5.87. The number of thioether (sulfide) groups is 1. The molecule has 1 amide bonds. The predicted molar refractivity (Wildman–Crippen MR) is 81.8 cm³/mol. The Morgan fingerprint density at radius 2 is 2.10 bits per heavy atom. The van der Waals surface area contributed by atoms with Crippen molar-refractivity contribution >= 4 is 17.7 Å². The third-order valence-electron chi connectivity index (χ3n) is 3.12. The predicted octanol–water partition coefficient (Wildman–Crippen LogP) is 3.70. The molecule has 1 aromatic carbocycles. The maximum atomic E-state index is 11.7. The van der Waals surface area contributed by atoms with Crippen LogP contribution in [0.3, 0.4) is 0 Å². The summed E-state index contributed by atoms with van der Waals surface area (Å²) >= 11 is 1.71. The van der Waals surface area contributed by atoms with Crippen LogP contribution in [0.5, 0.6) is 0 Å². The third-order valence-corrected chi connectivity index (χ3v) is 4.11. The number of carbonyl (C=O) groups excluding carboxylic acids is 1. The molecular weight excluding hydrogens is 270 g/mol. The van der Waals surface area contributed by atoms with Gasteiger partial charge < -0.3 is 9.73 Å². The molecule has 1 heterocycles. The molecule has 0 aliphatic heterocycles. The average Bonchev–Trinajstić information content (AvgIpc) is 2.94. The van der Waals surface area contributed by atoms with Gasteiger partial charge in [-0.2, -0.15) is 0 Å². The fourth-order valence-corrected chi connectivity index (χ4v) is 2.70. The Labute approximate surface area is 123 Å². The van der Waals surface area contributed by atoms with Crippen molar-refractivity contribution in [2.45, 2.75) is 31.7 Å². The summed E-state index contributed by atoms with van der Waals surface area (Å²) in [7, 11) is 0. The molecule has 106 valence electrons. The molecule has 0 aliphatic rings. The first-order valence-corrected chi connectivity index (χ1v) is 7.63. The number of rotatable bonds is 6. The molecule has 0 aliphatic carbocycles. The van der Waals surface area contributed by atoms with Crippen LogP contribution in [0.25, 0.3) is 0 Å². The van der Waals surface area contributed by atoms with Gasteiger partial charge in [0.1, 0.15) is 5.76 Å². The minimum atomic E-state index is 0.0535. The Morgan fingerprint density at radius 3 is 2.80 bits per heavy atom. The molecule has 0 bridgehead atoms. The molecule has 0 fully saturated rings. The summed E-state index contributed by atoms with van der Waals surface area (Å²) < 4.78 is 5.16. The van der Waals surface area contributed by atoms with Crippen molar-refractivity contribution in [3.05, 3.63) is 53.5 Å². The number of aryl methyl sites for hydroxylation is 2. The number of amides is 1. The zero-order valence-electron chi connectivity index (χ0n) is 11.8. The van der Waals surface area contributed by atoms with Gasteiger partial charge in [-0.15, -0.1) is 11.8 Å². The van der Waals surface area contributed by atoms with E-state index in [1.54, 1.807) is 18.0 Å². The lowest BCUT2D eigenvalue weighted by molar-refractivity contribution is -0.120. The second kappa shape index (κ2) is 7.20. The molecule has 1 N–H and O–H groups in total. The Morgan fingerprint density at radius 1 is 1.25 bits per heavy atom. The normalized spacial score (nSPS) is 10.5. The van der Waals surface area contributed by atoms with E-state index in [2.05, 4.69) is 37.4 Å². The van der Waals surface area contributed by atoms with E-state index in [0.717, 1.165) is 11.5 Å². The molecule has 1 aromatic heterocycles. The van der Waals surface area contributed by atoms with Crippen LogP contribution < -0.4 is 5.32 Å². The van der Waals surface area contributed by atoms with Crippen LogP contribution >= 0.6 is 11.8 Å². The Bertz CT molecular complexity index is 564. The smallest absolute Gasteiger partial charge is 0.221 e. The molecule has 0 saturated heterocycles. The summed E-state index contributed by atoms with van der Waals surface area (Å²) in [6, 6.07) is 10.1. The summed E-state index contributed by atoms with van der Waals surface area (Å²) in [6.45, 7) is 4.67. The molecular formula is C16H19NO2S.